The molecule has 0 aliphatic rings. The van der Waals surface area contributed by atoms with Gasteiger partial charge < -0.3 is 0 Å². The Morgan fingerprint density at radius 3 is 2.60 bits per heavy atom. The lowest BCUT2D eigenvalue weighted by atomic mass is 10.3. The summed E-state index contributed by atoms with van der Waals surface area (Å²) < 4.78 is 25.6. The van der Waals surface area contributed by atoms with Gasteiger partial charge in [-0.15, -0.1) is 9.19 Å². The molecular weight excluding hydrogens is 216 g/mol. The van der Waals surface area contributed by atoms with Crippen molar-refractivity contribution in [1.29, 1.82) is 0 Å². The molecule has 0 spiro atoms. The minimum Gasteiger partial charge on any atom is -0.189 e. The van der Waals surface area contributed by atoms with Crippen LogP contribution in [0.5, 0.6) is 0 Å². The SMILES string of the molecule is CN(C)S(=O)(=O)n1nnc2ccccc21. The van der Waals surface area contributed by atoms with Crippen molar-refractivity contribution < 1.29 is 8.42 Å². The third kappa shape index (κ3) is 1.49. The van der Waals surface area contributed by atoms with E-state index in [1.807, 2.05) is 0 Å². The smallest absolute Gasteiger partial charge is 0.189 e. The maximum Gasteiger partial charge on any atom is 0.324 e. The van der Waals surface area contributed by atoms with Gasteiger partial charge in [-0.1, -0.05) is 12.1 Å². The molecule has 0 unspecified atom stereocenters. The summed E-state index contributed by atoms with van der Waals surface area (Å²) in [7, 11) is -0.683. The summed E-state index contributed by atoms with van der Waals surface area (Å²) >= 11 is 0. The van der Waals surface area contributed by atoms with Crippen LogP contribution >= 0.6 is 0 Å². The molecule has 0 N–H and O–H groups in total. The first-order valence-electron chi connectivity index (χ1n) is 4.27. The van der Waals surface area contributed by atoms with Crippen molar-refractivity contribution in [2.45, 2.75) is 0 Å². The number of hydrogen-bond acceptors (Lipinski definition) is 4. The number of fused-ring (bicyclic) bond motifs is 1. The van der Waals surface area contributed by atoms with Gasteiger partial charge >= 0.3 is 10.2 Å². The molecule has 7 heteroatoms. The van der Waals surface area contributed by atoms with Crippen molar-refractivity contribution in [2.75, 3.05) is 14.1 Å². The van der Waals surface area contributed by atoms with E-state index in [2.05, 4.69) is 10.3 Å². The van der Waals surface area contributed by atoms with Crippen LogP contribution in [0.25, 0.3) is 11.0 Å². The highest BCUT2D eigenvalue weighted by molar-refractivity contribution is 7.87. The molecule has 0 radical (unpaired) electrons. The highest BCUT2D eigenvalue weighted by Gasteiger charge is 2.20. The summed E-state index contributed by atoms with van der Waals surface area (Å²) in [6, 6.07) is 6.90. The second-order valence-corrected chi connectivity index (χ2v) is 5.18. The van der Waals surface area contributed by atoms with Crippen LogP contribution in [0.4, 0.5) is 0 Å². The molecule has 0 aliphatic heterocycles. The summed E-state index contributed by atoms with van der Waals surface area (Å²) in [6.45, 7) is 0. The summed E-state index contributed by atoms with van der Waals surface area (Å²) in [6.07, 6.45) is 0. The summed E-state index contributed by atoms with van der Waals surface area (Å²) in [4.78, 5) is 0. The van der Waals surface area contributed by atoms with Crippen molar-refractivity contribution in [3.05, 3.63) is 24.3 Å². The first-order chi connectivity index (χ1) is 7.03. The minimum absolute atomic E-state index is 0.478. The molecule has 0 fully saturated rings. The average Bonchev–Trinajstić information content (AvgIpc) is 2.61. The zero-order valence-electron chi connectivity index (χ0n) is 8.32. The van der Waals surface area contributed by atoms with E-state index in [0.29, 0.717) is 11.0 Å². The van der Waals surface area contributed by atoms with E-state index < -0.39 is 10.2 Å². The number of rotatable bonds is 2. The molecule has 0 saturated heterocycles. The summed E-state index contributed by atoms with van der Waals surface area (Å²) in [5, 5.41) is 7.40. The molecule has 0 saturated carbocycles. The number of benzene rings is 1. The molecule has 1 heterocycles. The second kappa shape index (κ2) is 3.28. The number of nitrogens with zero attached hydrogens (tertiary/aromatic N) is 4. The minimum atomic E-state index is -3.58. The van der Waals surface area contributed by atoms with Crippen LogP contribution in [0, 0.1) is 0 Å². The highest BCUT2D eigenvalue weighted by atomic mass is 32.2. The maximum atomic E-state index is 11.8. The van der Waals surface area contributed by atoms with Crippen LogP contribution in [0.3, 0.4) is 0 Å². The second-order valence-electron chi connectivity index (χ2n) is 3.21. The van der Waals surface area contributed by atoms with Crippen LogP contribution < -0.4 is 0 Å². The van der Waals surface area contributed by atoms with Crippen LogP contribution in [0.1, 0.15) is 0 Å². The van der Waals surface area contributed by atoms with Gasteiger partial charge in [0.25, 0.3) is 0 Å². The van der Waals surface area contributed by atoms with E-state index in [0.717, 1.165) is 8.39 Å². The topological polar surface area (TPSA) is 68.1 Å². The number of hydrogen-bond donors (Lipinski definition) is 0. The molecule has 2 aromatic rings. The predicted molar refractivity (Wildman–Crippen MR) is 55.5 cm³/mol. The van der Waals surface area contributed by atoms with Gasteiger partial charge in [-0.2, -0.15) is 12.7 Å². The Balaban J connectivity index is 2.74. The average molecular weight is 226 g/mol. The Labute approximate surface area is 87.3 Å². The van der Waals surface area contributed by atoms with E-state index in [-0.39, 0.29) is 0 Å². The van der Waals surface area contributed by atoms with E-state index in [1.165, 1.54) is 14.1 Å². The van der Waals surface area contributed by atoms with E-state index in [1.54, 1.807) is 24.3 Å². The summed E-state index contributed by atoms with van der Waals surface area (Å²) in [5.74, 6) is 0. The zero-order valence-corrected chi connectivity index (χ0v) is 9.14. The molecule has 0 aliphatic carbocycles. The van der Waals surface area contributed by atoms with Crippen molar-refractivity contribution in [3.63, 3.8) is 0 Å². The molecule has 1 aromatic heterocycles. The van der Waals surface area contributed by atoms with Crippen LogP contribution in [-0.2, 0) is 10.2 Å². The van der Waals surface area contributed by atoms with Gasteiger partial charge in [0.2, 0.25) is 0 Å². The predicted octanol–water partition coefficient (Wildman–Crippen LogP) is 0.0858. The van der Waals surface area contributed by atoms with Gasteiger partial charge in [0.1, 0.15) is 11.0 Å². The van der Waals surface area contributed by atoms with E-state index in [9.17, 15) is 8.42 Å². The van der Waals surface area contributed by atoms with Gasteiger partial charge in [-0.25, -0.2) is 0 Å². The van der Waals surface area contributed by atoms with Gasteiger partial charge in [0.15, 0.2) is 0 Å². The molecular formula is C8H10N4O2S. The quantitative estimate of drug-likeness (QED) is 0.727. The van der Waals surface area contributed by atoms with Crippen LogP contribution in [0.15, 0.2) is 24.3 Å². The first kappa shape index (κ1) is 10.1. The fourth-order valence-electron chi connectivity index (χ4n) is 1.17. The van der Waals surface area contributed by atoms with E-state index >= 15 is 0 Å². The Bertz CT molecular complexity index is 587. The molecule has 80 valence electrons. The molecule has 1 aromatic carbocycles. The Hall–Kier alpha value is -1.47. The van der Waals surface area contributed by atoms with Gasteiger partial charge in [-0.05, 0) is 17.3 Å². The fourth-order valence-corrected chi connectivity index (χ4v) is 2.01. The molecule has 0 amide bonds. The Kier molecular flexibility index (Phi) is 2.20. The van der Waals surface area contributed by atoms with E-state index in [4.69, 9.17) is 0 Å². The fraction of sp³-hybridized carbons (Fsp3) is 0.250. The largest absolute Gasteiger partial charge is 0.324 e. The molecule has 0 atom stereocenters. The zero-order chi connectivity index (χ0) is 11.1. The lowest BCUT2D eigenvalue weighted by molar-refractivity contribution is 0.504. The van der Waals surface area contributed by atoms with Crippen molar-refractivity contribution >= 4 is 21.2 Å². The molecule has 6 nitrogen and oxygen atoms in total. The third-order valence-electron chi connectivity index (χ3n) is 2.00. The highest BCUT2D eigenvalue weighted by Crippen LogP contribution is 2.12. The normalized spacial score (nSPS) is 12.5. The summed E-state index contributed by atoms with van der Waals surface area (Å²) in [5.41, 5.74) is 1.04. The van der Waals surface area contributed by atoms with Crippen LogP contribution in [-0.4, -0.2) is 41.2 Å². The molecule has 15 heavy (non-hydrogen) atoms. The lowest BCUT2D eigenvalue weighted by Crippen LogP contribution is -2.29. The van der Waals surface area contributed by atoms with Gasteiger partial charge in [0.05, 0.1) is 0 Å². The third-order valence-corrected chi connectivity index (χ3v) is 3.63. The number of para-hydroxylation sites is 1. The van der Waals surface area contributed by atoms with Crippen molar-refractivity contribution in [2.24, 2.45) is 0 Å². The lowest BCUT2D eigenvalue weighted by Gasteiger charge is -2.10. The first-order valence-corrected chi connectivity index (χ1v) is 5.66. The Morgan fingerprint density at radius 1 is 1.27 bits per heavy atom. The molecule has 2 rings (SSSR count). The van der Waals surface area contributed by atoms with Gasteiger partial charge in [-0.3, -0.25) is 0 Å². The maximum absolute atomic E-state index is 11.8. The Morgan fingerprint density at radius 2 is 1.93 bits per heavy atom. The standard InChI is InChI=1S/C8H10N4O2S/c1-11(2)15(13,14)12-8-6-4-3-5-7(8)9-10-12/h3-6H,1-2H3. The van der Waals surface area contributed by atoms with Crippen molar-refractivity contribution in [1.82, 2.24) is 18.7 Å². The monoisotopic (exact) mass is 226 g/mol. The van der Waals surface area contributed by atoms with Gasteiger partial charge in [0, 0.05) is 14.1 Å². The number of aromatic nitrogens is 3. The van der Waals surface area contributed by atoms with Crippen molar-refractivity contribution in [3.8, 4) is 0 Å². The van der Waals surface area contributed by atoms with Crippen LogP contribution in [0.2, 0.25) is 0 Å². The molecule has 0 bridgehead atoms.